The van der Waals surface area contributed by atoms with Gasteiger partial charge in [0, 0.05) is 17.7 Å². The number of nitrogens with one attached hydrogen (secondary N) is 3. The quantitative estimate of drug-likeness (QED) is 0.453. The summed E-state index contributed by atoms with van der Waals surface area (Å²) < 4.78 is 11.3. The zero-order chi connectivity index (χ0) is 27.1. The van der Waals surface area contributed by atoms with Gasteiger partial charge in [-0.1, -0.05) is 36.5 Å². The highest BCUT2D eigenvalue weighted by atomic mass is 32.2. The SMILES string of the molecule is C=CC(=O)[C@H]1COC[C@H]1NC(=O)C1=C2NC(=O)N(c3cnc(Oc4ccccc4)cc3C)C3CCNC(S1)C23. The summed E-state index contributed by atoms with van der Waals surface area (Å²) in [6.45, 7) is 6.70. The van der Waals surface area contributed by atoms with Crippen LogP contribution in [0.15, 0.2) is 65.9 Å². The van der Waals surface area contributed by atoms with E-state index in [1.807, 2.05) is 43.3 Å². The maximum absolute atomic E-state index is 13.5. The zero-order valence-electron chi connectivity index (χ0n) is 21.4. The van der Waals surface area contributed by atoms with Gasteiger partial charge in [0.05, 0.1) is 53.4 Å². The summed E-state index contributed by atoms with van der Waals surface area (Å²) in [7, 11) is 0. The van der Waals surface area contributed by atoms with Crippen molar-refractivity contribution in [3.8, 4) is 11.6 Å². The van der Waals surface area contributed by atoms with Crippen LogP contribution in [0, 0.1) is 18.8 Å². The molecule has 2 aromatic rings. The Kier molecular flexibility index (Phi) is 6.88. The summed E-state index contributed by atoms with van der Waals surface area (Å²) in [5, 5.41) is 9.40. The fraction of sp³-hybridized carbons (Fsp3) is 0.357. The Morgan fingerprint density at radius 2 is 2.10 bits per heavy atom. The van der Waals surface area contributed by atoms with E-state index in [1.165, 1.54) is 17.8 Å². The Hall–Kier alpha value is -3.67. The lowest BCUT2D eigenvalue weighted by atomic mass is 9.86. The van der Waals surface area contributed by atoms with Crippen LogP contribution in [0.4, 0.5) is 10.5 Å². The Bertz CT molecular complexity index is 1370. The predicted molar refractivity (Wildman–Crippen MR) is 146 cm³/mol. The number of hydrogen-bond acceptors (Lipinski definition) is 8. The topological polar surface area (TPSA) is 122 Å². The first-order chi connectivity index (χ1) is 18.9. The lowest BCUT2D eigenvalue weighted by molar-refractivity contribution is -0.120. The van der Waals surface area contributed by atoms with Gasteiger partial charge in [-0.15, -0.1) is 0 Å². The molecule has 39 heavy (non-hydrogen) atoms. The molecule has 3 unspecified atom stereocenters. The van der Waals surface area contributed by atoms with Gasteiger partial charge in [-0.25, -0.2) is 9.78 Å². The Balaban J connectivity index is 1.24. The summed E-state index contributed by atoms with van der Waals surface area (Å²) in [4.78, 5) is 45.9. The molecule has 3 fully saturated rings. The van der Waals surface area contributed by atoms with Crippen LogP contribution in [-0.2, 0) is 14.3 Å². The number of aryl methyl sites for hydroxylation is 1. The average molecular weight is 548 g/mol. The number of benzene rings is 1. The Morgan fingerprint density at radius 1 is 1.28 bits per heavy atom. The lowest BCUT2D eigenvalue weighted by Gasteiger charge is -2.46. The van der Waals surface area contributed by atoms with Gasteiger partial charge in [0.25, 0.3) is 5.91 Å². The molecule has 5 atom stereocenters. The minimum absolute atomic E-state index is 0.0676. The number of amides is 3. The third-order valence-corrected chi connectivity index (χ3v) is 8.95. The van der Waals surface area contributed by atoms with E-state index in [0.29, 0.717) is 34.5 Å². The lowest BCUT2D eigenvalue weighted by Crippen LogP contribution is -2.62. The second-order valence-corrected chi connectivity index (χ2v) is 11.1. The highest BCUT2D eigenvalue weighted by molar-refractivity contribution is 8.04. The first-order valence-electron chi connectivity index (χ1n) is 12.9. The van der Waals surface area contributed by atoms with E-state index in [-0.39, 0.29) is 48.3 Å². The van der Waals surface area contributed by atoms with E-state index in [0.717, 1.165) is 12.0 Å². The van der Waals surface area contributed by atoms with Gasteiger partial charge in [0.2, 0.25) is 5.88 Å². The van der Waals surface area contributed by atoms with E-state index in [1.54, 1.807) is 11.1 Å². The van der Waals surface area contributed by atoms with E-state index in [4.69, 9.17) is 9.47 Å². The first-order valence-corrected chi connectivity index (χ1v) is 13.8. The van der Waals surface area contributed by atoms with Gasteiger partial charge in [-0.3, -0.25) is 14.5 Å². The molecule has 0 spiro atoms. The van der Waals surface area contributed by atoms with Gasteiger partial charge in [0.15, 0.2) is 5.78 Å². The van der Waals surface area contributed by atoms with Gasteiger partial charge in [-0.2, -0.15) is 0 Å². The third-order valence-electron chi connectivity index (χ3n) is 7.59. The summed E-state index contributed by atoms with van der Waals surface area (Å²) in [5.74, 6) is 0.0989. The molecular weight excluding hydrogens is 518 g/mol. The van der Waals surface area contributed by atoms with Crippen LogP contribution < -0.4 is 25.6 Å². The van der Waals surface area contributed by atoms with Crippen molar-refractivity contribution in [3.05, 3.63) is 71.4 Å². The Morgan fingerprint density at radius 3 is 2.87 bits per heavy atom. The minimum atomic E-state index is -0.461. The number of nitrogens with zero attached hydrogens (tertiary/aromatic N) is 2. The molecule has 0 radical (unpaired) electrons. The number of carbonyl (C=O) groups is 3. The third kappa shape index (κ3) is 4.70. The molecule has 0 bridgehead atoms. The van der Waals surface area contributed by atoms with Crippen LogP contribution >= 0.6 is 11.8 Å². The van der Waals surface area contributed by atoms with Crippen LogP contribution in [-0.4, -0.2) is 59.9 Å². The standard InChI is InChI=1S/C28H29N5O5S/c1-3-21(34)17-13-37-14-18(17)31-26(35)25-24-23-19(9-10-29-27(23)39-25)33(28(36)32-24)20-12-30-22(11-15(20)2)38-16-7-5-4-6-8-16/h3-8,11-12,17-19,23,27,29H,1,9-10,13-14H2,2H3,(H,31,35)(H,32,36)/t17-,18+,19?,23?,27?/m0/s1. The molecule has 4 aliphatic rings. The van der Waals surface area contributed by atoms with Crippen molar-refractivity contribution in [2.75, 3.05) is 24.7 Å². The summed E-state index contributed by atoms with van der Waals surface area (Å²) in [6, 6.07) is 10.3. The number of thioether (sulfide) groups is 1. The number of hydrogen-bond donors (Lipinski definition) is 3. The van der Waals surface area contributed by atoms with Crippen LogP contribution in [0.3, 0.4) is 0 Å². The zero-order valence-corrected chi connectivity index (χ0v) is 22.2. The average Bonchev–Trinajstić information content (AvgIpc) is 3.55. The molecule has 1 aromatic carbocycles. The molecule has 10 nitrogen and oxygen atoms in total. The molecule has 11 heteroatoms. The van der Waals surface area contributed by atoms with Crippen LogP contribution in [0.5, 0.6) is 11.6 Å². The largest absolute Gasteiger partial charge is 0.439 e. The van der Waals surface area contributed by atoms with Gasteiger partial charge < -0.3 is 25.4 Å². The molecule has 3 saturated heterocycles. The number of piperidine rings is 1. The number of ketones is 1. The summed E-state index contributed by atoms with van der Waals surface area (Å²) in [6.07, 6.45) is 3.66. The first kappa shape index (κ1) is 25.6. The molecule has 0 saturated carbocycles. The second-order valence-electron chi connectivity index (χ2n) is 9.97. The van der Waals surface area contributed by atoms with Crippen molar-refractivity contribution in [2.24, 2.45) is 11.8 Å². The molecule has 6 rings (SSSR count). The van der Waals surface area contributed by atoms with Crippen LogP contribution in [0.25, 0.3) is 0 Å². The van der Waals surface area contributed by atoms with E-state index in [9.17, 15) is 14.4 Å². The maximum atomic E-state index is 13.5. The molecule has 5 heterocycles. The van der Waals surface area contributed by atoms with Crippen molar-refractivity contribution >= 4 is 35.2 Å². The van der Waals surface area contributed by atoms with Crippen molar-refractivity contribution in [1.82, 2.24) is 20.9 Å². The second kappa shape index (κ2) is 10.5. The van der Waals surface area contributed by atoms with Crippen molar-refractivity contribution in [1.29, 1.82) is 0 Å². The molecule has 3 amide bonds. The van der Waals surface area contributed by atoms with Crippen molar-refractivity contribution < 1.29 is 23.9 Å². The molecule has 1 aromatic heterocycles. The number of aromatic nitrogens is 1. The number of urea groups is 1. The number of ether oxygens (including phenoxy) is 2. The van der Waals surface area contributed by atoms with Crippen LogP contribution in [0.2, 0.25) is 0 Å². The highest BCUT2D eigenvalue weighted by Crippen LogP contribution is 2.48. The number of rotatable bonds is 7. The molecule has 202 valence electrons. The van der Waals surface area contributed by atoms with E-state index in [2.05, 4.69) is 27.5 Å². The van der Waals surface area contributed by atoms with Crippen molar-refractivity contribution in [2.45, 2.75) is 30.8 Å². The molecule has 0 aliphatic carbocycles. The molecular formula is C28H29N5O5S. The number of para-hydroxylation sites is 1. The summed E-state index contributed by atoms with van der Waals surface area (Å²) >= 11 is 1.42. The van der Waals surface area contributed by atoms with Gasteiger partial charge >= 0.3 is 6.03 Å². The molecule has 4 aliphatic heterocycles. The normalized spacial score (nSPS) is 27.6. The maximum Gasteiger partial charge on any atom is 0.326 e. The van der Waals surface area contributed by atoms with Crippen LogP contribution in [0.1, 0.15) is 12.0 Å². The Labute approximate surface area is 230 Å². The van der Waals surface area contributed by atoms with Gasteiger partial charge in [0.1, 0.15) is 5.75 Å². The van der Waals surface area contributed by atoms with Gasteiger partial charge in [-0.05, 0) is 43.7 Å². The summed E-state index contributed by atoms with van der Waals surface area (Å²) in [5.41, 5.74) is 2.19. The predicted octanol–water partition coefficient (Wildman–Crippen LogP) is 2.86. The highest BCUT2D eigenvalue weighted by Gasteiger charge is 2.52. The fourth-order valence-corrected chi connectivity index (χ4v) is 7.10. The number of anilines is 1. The van der Waals surface area contributed by atoms with E-state index >= 15 is 0 Å². The smallest absolute Gasteiger partial charge is 0.326 e. The van der Waals surface area contributed by atoms with E-state index < -0.39 is 12.0 Å². The number of pyridine rings is 1. The monoisotopic (exact) mass is 547 g/mol. The minimum Gasteiger partial charge on any atom is -0.439 e. The number of carbonyl (C=O) groups excluding carboxylic acids is 3. The fourth-order valence-electron chi connectivity index (χ4n) is 5.70. The van der Waals surface area contributed by atoms with Crippen molar-refractivity contribution in [3.63, 3.8) is 0 Å². The number of allylic oxidation sites excluding steroid dienone is 1. The molecule has 3 N–H and O–H groups in total.